The van der Waals surface area contributed by atoms with Gasteiger partial charge in [-0.15, -0.1) is 0 Å². The molecule has 0 spiro atoms. The van der Waals surface area contributed by atoms with E-state index in [1.54, 1.807) is 0 Å². The number of anilines is 4. The number of hydrogen-bond donors (Lipinski definition) is 1. The molecular formula is C28H27ClN6O. The topological polar surface area (TPSA) is 66.3 Å². The van der Waals surface area contributed by atoms with Gasteiger partial charge in [0.15, 0.2) is 0 Å². The maximum absolute atomic E-state index is 13.9. The lowest BCUT2D eigenvalue weighted by molar-refractivity contribution is -0.123. The minimum Gasteiger partial charge on any atom is -0.357 e. The number of aromatic nitrogens is 3. The Bertz CT molecular complexity index is 1390. The van der Waals surface area contributed by atoms with Crippen LogP contribution < -0.4 is 15.1 Å². The molecule has 2 aromatic carbocycles. The molecule has 8 heteroatoms. The molecule has 0 bridgehead atoms. The summed E-state index contributed by atoms with van der Waals surface area (Å²) in [6.45, 7) is 4.10. The number of aryl methyl sites for hydroxylation is 1. The van der Waals surface area contributed by atoms with Gasteiger partial charge in [0, 0.05) is 35.8 Å². The number of nitrogens with zero attached hydrogens (tertiary/aromatic N) is 5. The number of halogens is 1. The number of amides is 1. The second-order valence-electron chi connectivity index (χ2n) is 9.43. The van der Waals surface area contributed by atoms with Gasteiger partial charge in [-0.3, -0.25) is 4.79 Å². The quantitative estimate of drug-likeness (QED) is 0.390. The van der Waals surface area contributed by atoms with Gasteiger partial charge in [-0.1, -0.05) is 35.9 Å². The predicted octanol–water partition coefficient (Wildman–Crippen LogP) is 5.74. The molecule has 0 unspecified atom stereocenters. The van der Waals surface area contributed by atoms with Crippen molar-refractivity contribution in [3.63, 3.8) is 0 Å². The molecule has 0 radical (unpaired) electrons. The maximum Gasteiger partial charge on any atom is 0.230 e. The summed E-state index contributed by atoms with van der Waals surface area (Å²) in [7, 11) is 0. The van der Waals surface area contributed by atoms with E-state index in [2.05, 4.69) is 32.4 Å². The van der Waals surface area contributed by atoms with Crippen molar-refractivity contribution in [2.75, 3.05) is 28.2 Å². The van der Waals surface area contributed by atoms with Gasteiger partial charge in [-0.2, -0.15) is 5.10 Å². The van der Waals surface area contributed by atoms with Gasteiger partial charge in [-0.25, -0.2) is 9.67 Å². The second kappa shape index (κ2) is 9.32. The molecular weight excluding hydrogens is 472 g/mol. The van der Waals surface area contributed by atoms with Crippen molar-refractivity contribution in [1.82, 2.24) is 14.8 Å². The summed E-state index contributed by atoms with van der Waals surface area (Å²) in [5.41, 5.74) is 4.69. The van der Waals surface area contributed by atoms with Crippen LogP contribution >= 0.6 is 11.6 Å². The summed E-state index contributed by atoms with van der Waals surface area (Å²) in [6.07, 6.45) is 5.32. The first kappa shape index (κ1) is 22.6. The van der Waals surface area contributed by atoms with Crippen LogP contribution in [0.25, 0.3) is 5.69 Å². The number of fused-ring (bicyclic) bond motifs is 2. The Morgan fingerprint density at radius 2 is 1.83 bits per heavy atom. The molecule has 1 fully saturated rings. The van der Waals surface area contributed by atoms with Gasteiger partial charge in [0.25, 0.3) is 0 Å². The van der Waals surface area contributed by atoms with E-state index in [0.717, 1.165) is 65.8 Å². The first-order valence-corrected chi connectivity index (χ1v) is 12.6. The minimum atomic E-state index is -0.0547. The highest BCUT2D eigenvalue weighted by molar-refractivity contribution is 6.31. The molecule has 4 aromatic rings. The molecule has 0 saturated carbocycles. The lowest BCUT2D eigenvalue weighted by Crippen LogP contribution is -2.42. The average Bonchev–Trinajstić information content (AvgIpc) is 3.23. The molecule has 182 valence electrons. The monoisotopic (exact) mass is 498 g/mol. The Balaban J connectivity index is 1.28. The fourth-order valence-corrected chi connectivity index (χ4v) is 5.21. The highest BCUT2D eigenvalue weighted by Gasteiger charge is 2.33. The zero-order valence-corrected chi connectivity index (χ0v) is 20.8. The third-order valence-corrected chi connectivity index (χ3v) is 7.24. The lowest BCUT2D eigenvalue weighted by atomic mass is 9.94. The number of nitrogens with one attached hydrogen (secondary N) is 1. The highest BCUT2D eigenvalue weighted by Crippen LogP contribution is 2.39. The van der Waals surface area contributed by atoms with Crippen molar-refractivity contribution in [3.05, 3.63) is 89.2 Å². The zero-order valence-electron chi connectivity index (χ0n) is 20.1. The second-order valence-corrected chi connectivity index (χ2v) is 9.87. The van der Waals surface area contributed by atoms with Gasteiger partial charge in [0.05, 0.1) is 29.8 Å². The van der Waals surface area contributed by atoms with Gasteiger partial charge in [0.2, 0.25) is 5.91 Å². The third-order valence-electron chi connectivity index (χ3n) is 7.01. The lowest BCUT2D eigenvalue weighted by Gasteiger charge is -2.35. The number of carbonyl (C=O) groups is 1. The van der Waals surface area contributed by atoms with Crippen molar-refractivity contribution in [3.8, 4) is 5.69 Å². The fourth-order valence-electron chi connectivity index (χ4n) is 5.04. The van der Waals surface area contributed by atoms with Crippen molar-refractivity contribution in [2.24, 2.45) is 5.92 Å². The molecule has 36 heavy (non-hydrogen) atoms. The Labute approximate surface area is 215 Å². The predicted molar refractivity (Wildman–Crippen MR) is 143 cm³/mol. The molecule has 1 N–H and O–H groups in total. The number of hydrogen-bond acceptors (Lipinski definition) is 5. The smallest absolute Gasteiger partial charge is 0.230 e. The van der Waals surface area contributed by atoms with Gasteiger partial charge in [0.1, 0.15) is 11.6 Å². The number of carbonyl (C=O) groups excluding carboxylic acids is 1. The van der Waals surface area contributed by atoms with E-state index in [4.69, 9.17) is 11.6 Å². The van der Waals surface area contributed by atoms with Crippen molar-refractivity contribution in [1.29, 1.82) is 0 Å². The van der Waals surface area contributed by atoms with Crippen LogP contribution in [0.3, 0.4) is 0 Å². The highest BCUT2D eigenvalue weighted by atomic mass is 35.5. The maximum atomic E-state index is 13.9. The van der Waals surface area contributed by atoms with E-state index in [9.17, 15) is 4.79 Å². The van der Waals surface area contributed by atoms with Crippen molar-refractivity contribution < 1.29 is 4.79 Å². The van der Waals surface area contributed by atoms with Crippen LogP contribution in [0.5, 0.6) is 0 Å². The molecule has 2 aliphatic rings. The number of rotatable bonds is 3. The Hall–Kier alpha value is -3.84. The van der Waals surface area contributed by atoms with E-state index in [0.29, 0.717) is 11.6 Å². The van der Waals surface area contributed by atoms with Crippen LogP contribution in [0, 0.1) is 12.8 Å². The molecule has 7 nitrogen and oxygen atoms in total. The summed E-state index contributed by atoms with van der Waals surface area (Å²) in [4.78, 5) is 22.7. The Kier molecular flexibility index (Phi) is 5.85. The van der Waals surface area contributed by atoms with Crippen molar-refractivity contribution in [2.45, 2.75) is 26.3 Å². The Morgan fingerprint density at radius 3 is 2.58 bits per heavy atom. The molecule has 1 saturated heterocycles. The first-order valence-electron chi connectivity index (χ1n) is 12.2. The summed E-state index contributed by atoms with van der Waals surface area (Å²) in [5, 5.41) is 8.76. The van der Waals surface area contributed by atoms with Crippen LogP contribution in [0.4, 0.5) is 23.0 Å². The number of pyridine rings is 1. The number of piperidine rings is 1. The van der Waals surface area contributed by atoms with Crippen molar-refractivity contribution >= 4 is 40.5 Å². The molecule has 2 aromatic heterocycles. The van der Waals surface area contributed by atoms with Crippen LogP contribution in [-0.4, -0.2) is 33.8 Å². The fraction of sp³-hybridized carbons (Fsp3) is 0.250. The Morgan fingerprint density at radius 1 is 1.03 bits per heavy atom. The van der Waals surface area contributed by atoms with E-state index >= 15 is 0 Å². The standard InChI is InChI=1S/C28H27ClN6O/c1-19-7-10-26(30-16-19)33-13-11-20(12-14-33)28(36)34-18-21-17-31-35(23-5-3-2-4-6-23)27(21)32-24-15-22(29)8-9-25(24)34/h2-10,15-17,20,32H,11-14,18H2,1H3. The molecule has 4 heterocycles. The SMILES string of the molecule is Cc1ccc(N2CCC(C(=O)N3Cc4cnn(-c5ccccc5)c4Nc4cc(Cl)ccc43)CC2)nc1. The summed E-state index contributed by atoms with van der Waals surface area (Å²) in [5.74, 6) is 1.90. The number of benzene rings is 2. The molecule has 0 aliphatic carbocycles. The zero-order chi connectivity index (χ0) is 24.6. The number of para-hydroxylation sites is 1. The van der Waals surface area contributed by atoms with Crippen LogP contribution in [0.1, 0.15) is 24.0 Å². The largest absolute Gasteiger partial charge is 0.357 e. The summed E-state index contributed by atoms with van der Waals surface area (Å²) >= 11 is 6.37. The minimum absolute atomic E-state index is 0.0547. The van der Waals surface area contributed by atoms with E-state index in [1.807, 2.05) is 77.4 Å². The third kappa shape index (κ3) is 4.20. The summed E-state index contributed by atoms with van der Waals surface area (Å²) < 4.78 is 1.88. The van der Waals surface area contributed by atoms with Crippen LogP contribution in [-0.2, 0) is 11.3 Å². The van der Waals surface area contributed by atoms with Crippen LogP contribution in [0.2, 0.25) is 5.02 Å². The van der Waals surface area contributed by atoms with Gasteiger partial charge in [-0.05, 0) is 61.7 Å². The first-order chi connectivity index (χ1) is 17.6. The van der Waals surface area contributed by atoms with E-state index in [1.165, 1.54) is 0 Å². The normalized spacial score (nSPS) is 15.6. The van der Waals surface area contributed by atoms with E-state index < -0.39 is 0 Å². The molecule has 0 atom stereocenters. The van der Waals surface area contributed by atoms with E-state index in [-0.39, 0.29) is 11.8 Å². The average molecular weight is 499 g/mol. The van der Waals surface area contributed by atoms with Gasteiger partial charge >= 0.3 is 0 Å². The van der Waals surface area contributed by atoms with Gasteiger partial charge < -0.3 is 15.1 Å². The van der Waals surface area contributed by atoms with Crippen LogP contribution in [0.15, 0.2) is 73.1 Å². The molecule has 6 rings (SSSR count). The molecule has 1 amide bonds. The molecule has 2 aliphatic heterocycles. The summed E-state index contributed by atoms with van der Waals surface area (Å²) in [6, 6.07) is 19.8.